The van der Waals surface area contributed by atoms with Crippen LogP contribution in [0.25, 0.3) is 5.65 Å². The van der Waals surface area contributed by atoms with E-state index in [9.17, 15) is 18.0 Å². The van der Waals surface area contributed by atoms with E-state index in [0.717, 1.165) is 22.4 Å². The Hall–Kier alpha value is -1.77. The molecular formula is C10H8F3N3O2S. The molecular weight excluding hydrogens is 283 g/mol. The van der Waals surface area contributed by atoms with E-state index >= 15 is 0 Å². The lowest BCUT2D eigenvalue weighted by Crippen LogP contribution is -2.13. The average molecular weight is 291 g/mol. The average Bonchev–Trinajstić information content (AvgIpc) is 2.67. The number of aromatic carboxylic acids is 1. The van der Waals surface area contributed by atoms with Crippen molar-refractivity contribution in [1.29, 1.82) is 0 Å². The van der Waals surface area contributed by atoms with Crippen molar-refractivity contribution in [3.8, 4) is 0 Å². The molecule has 9 heteroatoms. The molecule has 0 atom stereocenters. The highest BCUT2D eigenvalue weighted by atomic mass is 32.2. The van der Waals surface area contributed by atoms with Crippen molar-refractivity contribution in [3.05, 3.63) is 23.8 Å². The summed E-state index contributed by atoms with van der Waals surface area (Å²) in [5.41, 5.74) is -1.57. The van der Waals surface area contributed by atoms with E-state index in [1.807, 2.05) is 0 Å². The Morgan fingerprint density at radius 1 is 1.47 bits per heavy atom. The zero-order valence-electron chi connectivity index (χ0n) is 9.60. The van der Waals surface area contributed by atoms with Gasteiger partial charge in [0, 0.05) is 0 Å². The van der Waals surface area contributed by atoms with Crippen molar-refractivity contribution in [2.45, 2.75) is 18.1 Å². The fraction of sp³-hybridized carbons (Fsp3) is 0.300. The molecule has 0 aliphatic rings. The molecule has 0 amide bonds. The number of carboxylic acids is 1. The molecule has 2 aromatic heterocycles. The van der Waals surface area contributed by atoms with Crippen LogP contribution in [0.1, 0.15) is 23.1 Å². The number of fused-ring (bicyclic) bond motifs is 1. The van der Waals surface area contributed by atoms with Gasteiger partial charge in [-0.1, -0.05) is 6.92 Å². The third kappa shape index (κ3) is 2.37. The van der Waals surface area contributed by atoms with Crippen LogP contribution in [0.5, 0.6) is 0 Å². The maximum atomic E-state index is 12.9. The minimum Gasteiger partial charge on any atom is -0.476 e. The Bertz CT molecular complexity index is 639. The first-order valence-corrected chi connectivity index (χ1v) is 6.14. The van der Waals surface area contributed by atoms with Gasteiger partial charge in [0.25, 0.3) is 0 Å². The van der Waals surface area contributed by atoms with Gasteiger partial charge in [0.15, 0.2) is 11.3 Å². The summed E-state index contributed by atoms with van der Waals surface area (Å²) in [6.45, 7) is 1.71. The molecule has 0 saturated heterocycles. The Morgan fingerprint density at radius 3 is 2.68 bits per heavy atom. The minimum atomic E-state index is -4.63. The van der Waals surface area contributed by atoms with Gasteiger partial charge in [0.1, 0.15) is 10.7 Å². The largest absolute Gasteiger partial charge is 0.476 e. The molecule has 0 aliphatic heterocycles. The smallest absolute Gasteiger partial charge is 0.433 e. The van der Waals surface area contributed by atoms with Crippen LogP contribution < -0.4 is 0 Å². The summed E-state index contributed by atoms with van der Waals surface area (Å²) < 4.78 is 39.5. The highest BCUT2D eigenvalue weighted by Crippen LogP contribution is 2.33. The summed E-state index contributed by atoms with van der Waals surface area (Å²) in [6, 6.07) is 0. The first kappa shape index (κ1) is 13.7. The van der Waals surface area contributed by atoms with Crippen molar-refractivity contribution < 1.29 is 23.1 Å². The number of alkyl halides is 3. The summed E-state index contributed by atoms with van der Waals surface area (Å²) >= 11 is 0.989. The highest BCUT2D eigenvalue weighted by molar-refractivity contribution is 7.99. The first-order valence-electron chi connectivity index (χ1n) is 5.16. The molecule has 0 aromatic carbocycles. The standard InChI is InChI=1S/C10H8F3N3O2S/c1-2-19-8-7(9(17)18)15-6-4-14-3-5(16(6)8)10(11,12)13/h3-4H,2H2,1H3,(H,17,18). The number of halogens is 3. The number of carboxylic acid groups (broad SMARTS) is 1. The Balaban J connectivity index is 2.83. The molecule has 0 radical (unpaired) electrons. The number of thioether (sulfide) groups is 1. The molecule has 2 heterocycles. The third-order valence-corrected chi connectivity index (χ3v) is 3.20. The van der Waals surface area contributed by atoms with Crippen LogP contribution in [0.2, 0.25) is 0 Å². The molecule has 2 rings (SSSR count). The first-order chi connectivity index (χ1) is 8.86. The Kier molecular flexibility index (Phi) is 3.40. The predicted molar refractivity (Wildman–Crippen MR) is 61.3 cm³/mol. The number of aromatic nitrogens is 3. The van der Waals surface area contributed by atoms with Crippen molar-refractivity contribution in [2.24, 2.45) is 0 Å². The summed E-state index contributed by atoms with van der Waals surface area (Å²) in [4.78, 5) is 18.2. The van der Waals surface area contributed by atoms with E-state index < -0.39 is 23.5 Å². The highest BCUT2D eigenvalue weighted by Gasteiger charge is 2.36. The van der Waals surface area contributed by atoms with Crippen molar-refractivity contribution in [1.82, 2.24) is 14.4 Å². The molecule has 0 fully saturated rings. The van der Waals surface area contributed by atoms with Crippen molar-refractivity contribution in [2.75, 3.05) is 5.75 Å². The Labute approximate surface area is 109 Å². The SMILES string of the molecule is CCSc1c(C(=O)O)nc2cncc(C(F)(F)F)n12. The lowest BCUT2D eigenvalue weighted by atomic mass is 10.4. The number of carbonyl (C=O) groups is 1. The summed E-state index contributed by atoms with van der Waals surface area (Å²) in [6.07, 6.45) is -2.88. The van der Waals surface area contributed by atoms with Gasteiger partial charge in [0.2, 0.25) is 0 Å². The van der Waals surface area contributed by atoms with Crippen molar-refractivity contribution >= 4 is 23.4 Å². The number of nitrogens with zero attached hydrogens (tertiary/aromatic N) is 3. The van der Waals surface area contributed by atoms with E-state index in [4.69, 9.17) is 5.11 Å². The maximum absolute atomic E-state index is 12.9. The zero-order valence-corrected chi connectivity index (χ0v) is 10.4. The van der Waals surface area contributed by atoms with Gasteiger partial charge >= 0.3 is 12.1 Å². The summed E-state index contributed by atoms with van der Waals surface area (Å²) in [7, 11) is 0. The number of rotatable bonds is 3. The monoisotopic (exact) mass is 291 g/mol. The predicted octanol–water partition coefficient (Wildman–Crippen LogP) is 2.56. The minimum absolute atomic E-state index is 0.0419. The van der Waals surface area contributed by atoms with E-state index in [2.05, 4.69) is 9.97 Å². The third-order valence-electron chi connectivity index (χ3n) is 2.26. The molecule has 0 unspecified atom stereocenters. The molecule has 0 bridgehead atoms. The molecule has 0 aliphatic carbocycles. The van der Waals surface area contributed by atoms with Gasteiger partial charge in [0.05, 0.1) is 12.4 Å². The van der Waals surface area contributed by atoms with Gasteiger partial charge in [-0.3, -0.25) is 9.38 Å². The second-order valence-electron chi connectivity index (χ2n) is 3.49. The summed E-state index contributed by atoms with van der Waals surface area (Å²) in [5.74, 6) is -0.944. The quantitative estimate of drug-likeness (QED) is 0.880. The molecule has 0 spiro atoms. The molecule has 5 nitrogen and oxygen atoms in total. The van der Waals surface area contributed by atoms with Crippen LogP contribution in [0, 0.1) is 0 Å². The van der Waals surface area contributed by atoms with Gasteiger partial charge in [-0.15, -0.1) is 11.8 Å². The summed E-state index contributed by atoms with van der Waals surface area (Å²) in [5, 5.41) is 8.95. The second kappa shape index (κ2) is 4.72. The lowest BCUT2D eigenvalue weighted by Gasteiger charge is -2.10. The molecule has 19 heavy (non-hydrogen) atoms. The van der Waals surface area contributed by atoms with Gasteiger partial charge in [-0.2, -0.15) is 13.2 Å². The number of hydrogen-bond donors (Lipinski definition) is 1. The van der Waals surface area contributed by atoms with E-state index in [1.165, 1.54) is 0 Å². The van der Waals surface area contributed by atoms with E-state index in [0.29, 0.717) is 11.9 Å². The molecule has 1 N–H and O–H groups in total. The topological polar surface area (TPSA) is 67.5 Å². The second-order valence-corrected chi connectivity index (χ2v) is 4.74. The maximum Gasteiger partial charge on any atom is 0.433 e. The number of imidazole rings is 1. The van der Waals surface area contributed by atoms with Gasteiger partial charge < -0.3 is 5.11 Å². The zero-order chi connectivity index (χ0) is 14.2. The van der Waals surface area contributed by atoms with Gasteiger partial charge in [-0.05, 0) is 5.75 Å². The van der Waals surface area contributed by atoms with E-state index in [1.54, 1.807) is 6.92 Å². The van der Waals surface area contributed by atoms with Crippen molar-refractivity contribution in [3.63, 3.8) is 0 Å². The number of hydrogen-bond acceptors (Lipinski definition) is 4. The van der Waals surface area contributed by atoms with Crippen LogP contribution in [0.4, 0.5) is 13.2 Å². The fourth-order valence-corrected chi connectivity index (χ4v) is 2.45. The van der Waals surface area contributed by atoms with Gasteiger partial charge in [-0.25, -0.2) is 9.78 Å². The van der Waals surface area contributed by atoms with Crippen LogP contribution in [0.15, 0.2) is 17.4 Å². The molecule has 0 saturated carbocycles. The van der Waals surface area contributed by atoms with Crippen LogP contribution in [-0.2, 0) is 6.18 Å². The van der Waals surface area contributed by atoms with E-state index in [-0.39, 0.29) is 10.7 Å². The fourth-order valence-electron chi connectivity index (χ4n) is 1.58. The van der Waals surface area contributed by atoms with Crippen LogP contribution >= 0.6 is 11.8 Å². The molecule has 102 valence electrons. The van der Waals surface area contributed by atoms with Crippen LogP contribution in [-0.4, -0.2) is 31.2 Å². The Morgan fingerprint density at radius 2 is 2.16 bits per heavy atom. The molecule has 2 aromatic rings. The lowest BCUT2D eigenvalue weighted by molar-refractivity contribution is -0.142. The van der Waals surface area contributed by atoms with Crippen LogP contribution in [0.3, 0.4) is 0 Å². The normalized spacial score (nSPS) is 12.0.